The van der Waals surface area contributed by atoms with Gasteiger partial charge in [-0.3, -0.25) is 4.79 Å². The number of hydrogen-bond acceptors (Lipinski definition) is 5. The molecule has 130 valence electrons. The summed E-state index contributed by atoms with van der Waals surface area (Å²) in [6.45, 7) is 2.48. The number of halogens is 3. The molecule has 1 aromatic heterocycles. The van der Waals surface area contributed by atoms with Gasteiger partial charge in [-0.25, -0.2) is 4.98 Å². The van der Waals surface area contributed by atoms with E-state index in [1.807, 2.05) is 6.92 Å². The molecule has 23 heavy (non-hydrogen) atoms. The van der Waals surface area contributed by atoms with Gasteiger partial charge >= 0.3 is 6.18 Å². The highest BCUT2D eigenvalue weighted by atomic mass is 32.1. The average molecular weight is 351 g/mol. The molecule has 1 N–H and O–H groups in total. The zero-order chi connectivity index (χ0) is 16.9. The Morgan fingerprint density at radius 1 is 1.57 bits per heavy atom. The fourth-order valence-electron chi connectivity index (χ4n) is 2.43. The van der Waals surface area contributed by atoms with E-state index in [9.17, 15) is 18.0 Å². The summed E-state index contributed by atoms with van der Waals surface area (Å²) in [6, 6.07) is 0. The lowest BCUT2D eigenvalue weighted by Gasteiger charge is -2.25. The zero-order valence-corrected chi connectivity index (χ0v) is 13.7. The van der Waals surface area contributed by atoms with Crippen LogP contribution in [0.5, 0.6) is 0 Å². The molecule has 5 nitrogen and oxygen atoms in total. The largest absolute Gasteiger partial charge is 0.411 e. The standard InChI is InChI=1S/C14H20F3N3O2S/c1-10-12(23-9-19-10)6-20(5-11-2-3-18-4-11)13(21)7-22-8-14(15,16)17/h9,11,18H,2-8H2,1H3. The van der Waals surface area contributed by atoms with Crippen molar-refractivity contribution in [2.45, 2.75) is 26.1 Å². The molecule has 1 amide bonds. The molecule has 0 aromatic carbocycles. The number of carbonyl (C=O) groups is 1. The van der Waals surface area contributed by atoms with Crippen LogP contribution < -0.4 is 5.32 Å². The van der Waals surface area contributed by atoms with Crippen molar-refractivity contribution in [2.24, 2.45) is 5.92 Å². The van der Waals surface area contributed by atoms with Gasteiger partial charge in [0.1, 0.15) is 13.2 Å². The van der Waals surface area contributed by atoms with E-state index in [0.717, 1.165) is 30.1 Å². The van der Waals surface area contributed by atoms with Gasteiger partial charge in [-0.1, -0.05) is 0 Å². The average Bonchev–Trinajstić information content (AvgIpc) is 3.09. The number of aryl methyl sites for hydroxylation is 1. The Morgan fingerprint density at radius 2 is 2.35 bits per heavy atom. The second-order valence-corrected chi connectivity index (χ2v) is 6.54. The van der Waals surface area contributed by atoms with Crippen molar-refractivity contribution in [2.75, 3.05) is 32.8 Å². The van der Waals surface area contributed by atoms with Crippen LogP contribution in [0.25, 0.3) is 0 Å². The Kier molecular flexibility index (Phi) is 6.37. The first-order valence-corrected chi connectivity index (χ1v) is 8.25. The maximum absolute atomic E-state index is 12.3. The summed E-state index contributed by atoms with van der Waals surface area (Å²) >= 11 is 1.44. The second-order valence-electron chi connectivity index (χ2n) is 5.60. The third-order valence-electron chi connectivity index (χ3n) is 3.66. The summed E-state index contributed by atoms with van der Waals surface area (Å²) in [5.74, 6) is -0.108. The Balaban J connectivity index is 1.94. The van der Waals surface area contributed by atoms with Gasteiger partial charge in [-0.15, -0.1) is 11.3 Å². The number of amides is 1. The summed E-state index contributed by atoms with van der Waals surface area (Å²) < 4.78 is 40.9. The minimum absolute atomic E-state index is 0.315. The first-order chi connectivity index (χ1) is 10.8. The SMILES string of the molecule is Cc1ncsc1CN(CC1CCNC1)C(=O)COCC(F)(F)F. The summed E-state index contributed by atoms with van der Waals surface area (Å²) in [4.78, 5) is 18.9. The number of alkyl halides is 3. The van der Waals surface area contributed by atoms with Crippen LogP contribution >= 0.6 is 11.3 Å². The minimum atomic E-state index is -4.42. The number of ether oxygens (including phenoxy) is 1. The van der Waals surface area contributed by atoms with Gasteiger partial charge in [0, 0.05) is 11.4 Å². The lowest BCUT2D eigenvalue weighted by Crippen LogP contribution is -2.38. The minimum Gasteiger partial charge on any atom is -0.362 e. The molecule has 1 fully saturated rings. The lowest BCUT2D eigenvalue weighted by molar-refractivity contribution is -0.178. The van der Waals surface area contributed by atoms with Crippen molar-refractivity contribution >= 4 is 17.2 Å². The van der Waals surface area contributed by atoms with Crippen molar-refractivity contribution in [3.8, 4) is 0 Å². The molecular weight excluding hydrogens is 331 g/mol. The van der Waals surface area contributed by atoms with Crippen molar-refractivity contribution in [3.05, 3.63) is 16.1 Å². The van der Waals surface area contributed by atoms with Gasteiger partial charge in [0.2, 0.25) is 5.91 Å². The van der Waals surface area contributed by atoms with Crippen molar-refractivity contribution in [3.63, 3.8) is 0 Å². The Hall–Kier alpha value is -1.19. The summed E-state index contributed by atoms with van der Waals surface area (Å²) in [5.41, 5.74) is 2.54. The summed E-state index contributed by atoms with van der Waals surface area (Å²) in [5, 5.41) is 3.22. The molecule has 9 heteroatoms. The van der Waals surface area contributed by atoms with E-state index in [-0.39, 0.29) is 0 Å². The number of rotatable bonds is 7. The van der Waals surface area contributed by atoms with Crippen LogP contribution in [0.3, 0.4) is 0 Å². The highest BCUT2D eigenvalue weighted by Gasteiger charge is 2.29. The van der Waals surface area contributed by atoms with Crippen LogP contribution in [0.4, 0.5) is 13.2 Å². The Bertz CT molecular complexity index is 516. The topological polar surface area (TPSA) is 54.5 Å². The maximum atomic E-state index is 12.3. The molecule has 1 aliphatic rings. The summed E-state index contributed by atoms with van der Waals surface area (Å²) in [7, 11) is 0. The third-order valence-corrected chi connectivity index (χ3v) is 4.58. The van der Waals surface area contributed by atoms with Crippen LogP contribution in [-0.2, 0) is 16.1 Å². The maximum Gasteiger partial charge on any atom is 0.411 e. The van der Waals surface area contributed by atoms with Crippen molar-refractivity contribution < 1.29 is 22.7 Å². The highest BCUT2D eigenvalue weighted by Crippen LogP contribution is 2.19. The van der Waals surface area contributed by atoms with E-state index in [1.54, 1.807) is 10.4 Å². The van der Waals surface area contributed by atoms with Crippen LogP contribution in [0.2, 0.25) is 0 Å². The zero-order valence-electron chi connectivity index (χ0n) is 12.9. The van der Waals surface area contributed by atoms with E-state index >= 15 is 0 Å². The molecule has 1 aliphatic heterocycles. The second kappa shape index (κ2) is 8.07. The predicted octanol–water partition coefficient (Wildman–Crippen LogP) is 1.97. The molecule has 2 heterocycles. The van der Waals surface area contributed by atoms with E-state index in [2.05, 4.69) is 15.0 Å². The normalized spacial score (nSPS) is 18.3. The Morgan fingerprint density at radius 3 is 2.91 bits per heavy atom. The molecule has 0 spiro atoms. The molecule has 0 aliphatic carbocycles. The van der Waals surface area contributed by atoms with Gasteiger partial charge in [-0.2, -0.15) is 13.2 Å². The van der Waals surface area contributed by atoms with E-state index in [4.69, 9.17) is 0 Å². The molecule has 0 bridgehead atoms. The number of thiazole rings is 1. The fraction of sp³-hybridized carbons (Fsp3) is 0.714. The first-order valence-electron chi connectivity index (χ1n) is 7.37. The van der Waals surface area contributed by atoms with Gasteiger partial charge in [0.05, 0.1) is 17.7 Å². The molecule has 0 radical (unpaired) electrons. The number of nitrogens with one attached hydrogen (secondary N) is 1. The number of nitrogens with zero attached hydrogens (tertiary/aromatic N) is 2. The van der Waals surface area contributed by atoms with Gasteiger partial charge in [-0.05, 0) is 32.4 Å². The molecule has 1 atom stereocenters. The van der Waals surface area contributed by atoms with E-state index in [1.165, 1.54) is 11.3 Å². The van der Waals surface area contributed by atoms with Gasteiger partial charge in [0.25, 0.3) is 0 Å². The Labute approximate surface area is 136 Å². The fourth-order valence-corrected chi connectivity index (χ4v) is 3.22. The molecule has 1 unspecified atom stereocenters. The monoisotopic (exact) mass is 351 g/mol. The number of carbonyl (C=O) groups excluding carboxylic acids is 1. The molecular formula is C14H20F3N3O2S. The number of aromatic nitrogens is 1. The van der Waals surface area contributed by atoms with Crippen molar-refractivity contribution in [1.82, 2.24) is 15.2 Å². The molecule has 1 saturated heterocycles. The highest BCUT2D eigenvalue weighted by molar-refractivity contribution is 7.09. The van der Waals surface area contributed by atoms with Gasteiger partial charge in [0.15, 0.2) is 0 Å². The third kappa shape index (κ3) is 6.08. The van der Waals surface area contributed by atoms with Crippen LogP contribution in [0.1, 0.15) is 17.0 Å². The smallest absolute Gasteiger partial charge is 0.362 e. The van der Waals surface area contributed by atoms with Gasteiger partial charge < -0.3 is 15.0 Å². The molecule has 1 aromatic rings. The summed E-state index contributed by atoms with van der Waals surface area (Å²) in [6.07, 6.45) is -3.47. The molecule has 0 saturated carbocycles. The van der Waals surface area contributed by atoms with Crippen molar-refractivity contribution in [1.29, 1.82) is 0 Å². The lowest BCUT2D eigenvalue weighted by atomic mass is 10.1. The van der Waals surface area contributed by atoms with E-state index < -0.39 is 25.3 Å². The van der Waals surface area contributed by atoms with E-state index in [0.29, 0.717) is 19.0 Å². The number of hydrogen-bond donors (Lipinski definition) is 1. The quantitative estimate of drug-likeness (QED) is 0.816. The predicted molar refractivity (Wildman–Crippen MR) is 80.1 cm³/mol. The molecule has 2 rings (SSSR count). The first kappa shape index (κ1) is 18.2. The van der Waals surface area contributed by atoms with Crippen LogP contribution in [0.15, 0.2) is 5.51 Å². The van der Waals surface area contributed by atoms with Crippen LogP contribution in [0, 0.1) is 12.8 Å². The van der Waals surface area contributed by atoms with Crippen LogP contribution in [-0.4, -0.2) is 54.8 Å².